The van der Waals surface area contributed by atoms with E-state index in [0.717, 1.165) is 15.6 Å². The zero-order valence-electron chi connectivity index (χ0n) is 10.2. The van der Waals surface area contributed by atoms with E-state index >= 15 is 0 Å². The van der Waals surface area contributed by atoms with Crippen LogP contribution in [0.15, 0.2) is 71.2 Å². The Morgan fingerprint density at radius 2 is 1.42 bits per heavy atom. The smallest absolute Gasteiger partial charge is 0.0410 e. The van der Waals surface area contributed by atoms with Crippen LogP contribution in [-0.2, 0) is 0 Å². The quantitative estimate of drug-likeness (QED) is 0.513. The first-order valence-corrected chi connectivity index (χ1v) is 6.88. The third-order valence-electron chi connectivity index (χ3n) is 2.98. The summed E-state index contributed by atoms with van der Waals surface area (Å²) in [6, 6.07) is 22.5. The Bertz CT molecular complexity index is 777. The van der Waals surface area contributed by atoms with Crippen LogP contribution in [0.5, 0.6) is 0 Å². The summed E-state index contributed by atoms with van der Waals surface area (Å²) in [7, 11) is 0. The first-order valence-electron chi connectivity index (χ1n) is 6.09. The van der Waals surface area contributed by atoms with E-state index in [1.54, 1.807) is 0 Å². The Morgan fingerprint density at radius 3 is 2.26 bits per heavy atom. The molecule has 1 heteroatoms. The molecule has 0 nitrogen and oxygen atoms in total. The van der Waals surface area contributed by atoms with Gasteiger partial charge >= 0.3 is 0 Å². The fraction of sp³-hybridized carbons (Fsp3) is 0. The van der Waals surface area contributed by atoms with Crippen LogP contribution in [0, 0.1) is 11.8 Å². The van der Waals surface area contributed by atoms with E-state index in [9.17, 15) is 0 Å². The molecule has 0 aliphatic rings. The van der Waals surface area contributed by atoms with Gasteiger partial charge in [-0.3, -0.25) is 0 Å². The summed E-state index contributed by atoms with van der Waals surface area (Å²) in [5.41, 5.74) is 2.05. The van der Waals surface area contributed by atoms with Gasteiger partial charge in [0.15, 0.2) is 0 Å². The van der Waals surface area contributed by atoms with Crippen molar-refractivity contribution in [2.75, 3.05) is 0 Å². The van der Waals surface area contributed by atoms with E-state index in [2.05, 4.69) is 52.0 Å². The maximum absolute atomic E-state index is 3.65. The van der Waals surface area contributed by atoms with E-state index in [4.69, 9.17) is 0 Å². The van der Waals surface area contributed by atoms with E-state index in [-0.39, 0.29) is 0 Å². The molecule has 0 spiro atoms. The Balaban J connectivity index is 2.08. The Labute approximate surface area is 121 Å². The number of rotatable bonds is 0. The van der Waals surface area contributed by atoms with Gasteiger partial charge in [0.05, 0.1) is 0 Å². The number of fused-ring (bicyclic) bond motifs is 1. The van der Waals surface area contributed by atoms with Crippen LogP contribution in [0.25, 0.3) is 10.8 Å². The second-order valence-electron chi connectivity index (χ2n) is 4.26. The second-order valence-corrected chi connectivity index (χ2v) is 5.06. The van der Waals surface area contributed by atoms with Crippen LogP contribution in [0.3, 0.4) is 0 Å². The predicted octanol–water partition coefficient (Wildman–Crippen LogP) is 5.00. The molecule has 0 saturated carbocycles. The monoisotopic (exact) mass is 306 g/mol. The van der Waals surface area contributed by atoms with Gasteiger partial charge in [-0.25, -0.2) is 0 Å². The maximum Gasteiger partial charge on any atom is 0.0410 e. The van der Waals surface area contributed by atoms with E-state index in [0.29, 0.717) is 0 Å². The summed E-state index contributed by atoms with van der Waals surface area (Å²) < 4.78 is 1.06. The van der Waals surface area contributed by atoms with E-state index < -0.39 is 0 Å². The molecule has 0 fully saturated rings. The molecule has 0 aromatic heterocycles. The van der Waals surface area contributed by atoms with Gasteiger partial charge in [-0.05, 0) is 44.9 Å². The predicted molar refractivity (Wildman–Crippen MR) is 84.1 cm³/mol. The number of hydrogen-bond acceptors (Lipinski definition) is 0. The van der Waals surface area contributed by atoms with Gasteiger partial charge in [-0.2, -0.15) is 0 Å². The molecule has 0 heterocycles. The topological polar surface area (TPSA) is 0 Å². The minimum Gasteiger partial charge on any atom is -0.0622 e. The lowest BCUT2D eigenvalue weighted by Gasteiger charge is -2.02. The van der Waals surface area contributed by atoms with Gasteiger partial charge < -0.3 is 0 Å². The molecule has 0 N–H and O–H groups in total. The van der Waals surface area contributed by atoms with Gasteiger partial charge in [-0.15, -0.1) is 0 Å². The summed E-state index contributed by atoms with van der Waals surface area (Å²) in [5.74, 6) is 6.41. The van der Waals surface area contributed by atoms with Crippen molar-refractivity contribution in [3.63, 3.8) is 0 Å². The Morgan fingerprint density at radius 1 is 0.684 bits per heavy atom. The maximum atomic E-state index is 3.65. The van der Waals surface area contributed by atoms with Gasteiger partial charge in [0.2, 0.25) is 0 Å². The van der Waals surface area contributed by atoms with E-state index in [1.807, 2.05) is 42.5 Å². The summed E-state index contributed by atoms with van der Waals surface area (Å²) in [6.45, 7) is 0. The van der Waals surface area contributed by atoms with Gasteiger partial charge in [-0.1, -0.05) is 60.4 Å². The normalized spacial score (nSPS) is 9.95. The Kier molecular flexibility index (Phi) is 3.35. The molecule has 0 aliphatic carbocycles. The van der Waals surface area contributed by atoms with Crippen LogP contribution in [-0.4, -0.2) is 0 Å². The fourth-order valence-electron chi connectivity index (χ4n) is 1.99. The molecule has 90 valence electrons. The van der Waals surface area contributed by atoms with Crippen molar-refractivity contribution in [2.24, 2.45) is 0 Å². The minimum atomic E-state index is 1.02. The molecule has 3 rings (SSSR count). The standard InChI is InChI=1S/C18H11Br/c19-18-16(11-10-14-6-2-1-3-7-14)13-12-15-8-4-5-9-17(15)18/h1-9,12-13H. The molecule has 0 radical (unpaired) electrons. The lowest BCUT2D eigenvalue weighted by molar-refractivity contribution is 1.62. The van der Waals surface area contributed by atoms with Crippen molar-refractivity contribution in [3.8, 4) is 11.8 Å². The van der Waals surface area contributed by atoms with Crippen LogP contribution < -0.4 is 0 Å². The van der Waals surface area contributed by atoms with Crippen LogP contribution in [0.4, 0.5) is 0 Å². The van der Waals surface area contributed by atoms with Gasteiger partial charge in [0, 0.05) is 15.6 Å². The zero-order chi connectivity index (χ0) is 13.1. The Hall–Kier alpha value is -2.04. The van der Waals surface area contributed by atoms with Crippen molar-refractivity contribution in [2.45, 2.75) is 0 Å². The molecule has 0 atom stereocenters. The highest BCUT2D eigenvalue weighted by Gasteiger charge is 2.01. The highest BCUT2D eigenvalue weighted by molar-refractivity contribution is 9.10. The first-order chi connectivity index (χ1) is 9.34. The average molecular weight is 307 g/mol. The molecule has 19 heavy (non-hydrogen) atoms. The number of hydrogen-bond donors (Lipinski definition) is 0. The van der Waals surface area contributed by atoms with Crippen molar-refractivity contribution in [3.05, 3.63) is 82.3 Å². The molecule has 0 unspecified atom stereocenters. The highest BCUT2D eigenvalue weighted by atomic mass is 79.9. The molecule has 0 amide bonds. The summed E-state index contributed by atoms with van der Waals surface area (Å²) >= 11 is 3.65. The molecule has 0 bridgehead atoms. The van der Waals surface area contributed by atoms with Crippen LogP contribution in [0.1, 0.15) is 11.1 Å². The lowest BCUT2D eigenvalue weighted by atomic mass is 10.1. The van der Waals surface area contributed by atoms with Gasteiger partial charge in [0.1, 0.15) is 0 Å². The van der Waals surface area contributed by atoms with E-state index in [1.165, 1.54) is 10.8 Å². The van der Waals surface area contributed by atoms with Crippen molar-refractivity contribution in [1.29, 1.82) is 0 Å². The first kappa shape index (κ1) is 12.0. The number of halogens is 1. The molecule has 3 aromatic rings. The molecular weight excluding hydrogens is 296 g/mol. The SMILES string of the molecule is Brc1c(C#Cc2ccccc2)ccc2ccccc12. The fourth-order valence-corrected chi connectivity index (χ4v) is 2.58. The number of benzene rings is 3. The lowest BCUT2D eigenvalue weighted by Crippen LogP contribution is -1.81. The van der Waals surface area contributed by atoms with Crippen molar-refractivity contribution in [1.82, 2.24) is 0 Å². The largest absolute Gasteiger partial charge is 0.0622 e. The van der Waals surface area contributed by atoms with Crippen molar-refractivity contribution >= 4 is 26.7 Å². The third-order valence-corrected chi connectivity index (χ3v) is 3.83. The summed E-state index contributed by atoms with van der Waals surface area (Å²) in [4.78, 5) is 0. The van der Waals surface area contributed by atoms with Crippen molar-refractivity contribution < 1.29 is 0 Å². The second kappa shape index (κ2) is 5.30. The van der Waals surface area contributed by atoms with Crippen LogP contribution >= 0.6 is 15.9 Å². The highest BCUT2D eigenvalue weighted by Crippen LogP contribution is 2.27. The molecular formula is C18H11Br. The molecule has 0 saturated heterocycles. The van der Waals surface area contributed by atoms with Gasteiger partial charge in [0.25, 0.3) is 0 Å². The average Bonchev–Trinajstić information content (AvgIpc) is 2.48. The molecule has 3 aromatic carbocycles. The minimum absolute atomic E-state index is 1.02. The third kappa shape index (κ3) is 2.54. The summed E-state index contributed by atoms with van der Waals surface area (Å²) in [6.07, 6.45) is 0. The van der Waals surface area contributed by atoms with Crippen LogP contribution in [0.2, 0.25) is 0 Å². The summed E-state index contributed by atoms with van der Waals surface area (Å²) in [5, 5.41) is 2.42. The molecule has 0 aliphatic heterocycles. The zero-order valence-corrected chi connectivity index (χ0v) is 11.8.